The zero-order valence-electron chi connectivity index (χ0n) is 20.9. The fourth-order valence-corrected chi connectivity index (χ4v) is 5.09. The molecule has 1 aromatic heterocycles. The maximum Gasteiger partial charge on any atom is 0.225 e. The Morgan fingerprint density at radius 2 is 1.69 bits per heavy atom. The van der Waals surface area contributed by atoms with E-state index < -0.39 is 0 Å². The van der Waals surface area contributed by atoms with Crippen LogP contribution in [0.15, 0.2) is 60.7 Å². The van der Waals surface area contributed by atoms with Gasteiger partial charge in [0.05, 0.1) is 12.6 Å². The second-order valence-corrected chi connectivity index (χ2v) is 9.82. The number of ether oxygens (including phenoxy) is 1. The molecule has 0 aliphatic heterocycles. The smallest absolute Gasteiger partial charge is 0.225 e. The SMILES string of the molecule is COc1ccc2cc(CNCC3CCC(Nc4nc(N(C)C)c5ccccc5n4)CC3)ccc2c1. The molecule has 1 heterocycles. The monoisotopic (exact) mass is 469 g/mol. The van der Waals surface area contributed by atoms with Gasteiger partial charge in [0.2, 0.25) is 5.95 Å². The summed E-state index contributed by atoms with van der Waals surface area (Å²) in [7, 11) is 5.78. The highest BCUT2D eigenvalue weighted by Gasteiger charge is 2.22. The molecule has 1 saturated carbocycles. The Labute approximate surface area is 207 Å². The molecule has 0 unspecified atom stereocenters. The van der Waals surface area contributed by atoms with E-state index in [0.29, 0.717) is 12.0 Å². The van der Waals surface area contributed by atoms with Crippen LogP contribution in [0, 0.1) is 5.92 Å². The molecule has 4 aromatic rings. The minimum absolute atomic E-state index is 0.430. The third-order valence-corrected chi connectivity index (χ3v) is 7.06. The van der Waals surface area contributed by atoms with Crippen LogP contribution in [0.2, 0.25) is 0 Å². The van der Waals surface area contributed by atoms with Crippen molar-refractivity contribution in [3.63, 3.8) is 0 Å². The average molecular weight is 470 g/mol. The number of rotatable bonds is 8. The summed E-state index contributed by atoms with van der Waals surface area (Å²) in [6.45, 7) is 1.96. The molecule has 0 saturated heterocycles. The Kier molecular flexibility index (Phi) is 7.00. The summed E-state index contributed by atoms with van der Waals surface area (Å²) >= 11 is 0. The number of hydrogen-bond acceptors (Lipinski definition) is 6. The highest BCUT2D eigenvalue weighted by molar-refractivity contribution is 5.90. The maximum atomic E-state index is 5.33. The lowest BCUT2D eigenvalue weighted by atomic mass is 9.86. The summed E-state index contributed by atoms with van der Waals surface area (Å²) in [6.07, 6.45) is 4.74. The molecule has 1 aliphatic rings. The van der Waals surface area contributed by atoms with Crippen molar-refractivity contribution in [3.05, 3.63) is 66.2 Å². The highest BCUT2D eigenvalue weighted by atomic mass is 16.5. The van der Waals surface area contributed by atoms with E-state index in [2.05, 4.69) is 58.0 Å². The van der Waals surface area contributed by atoms with Crippen LogP contribution in [0.4, 0.5) is 11.8 Å². The Morgan fingerprint density at radius 1 is 0.914 bits per heavy atom. The number of aromatic nitrogens is 2. The summed E-state index contributed by atoms with van der Waals surface area (Å²) in [5.41, 5.74) is 2.31. The molecule has 35 heavy (non-hydrogen) atoms. The molecule has 1 fully saturated rings. The van der Waals surface area contributed by atoms with Crippen LogP contribution in [-0.4, -0.2) is 43.8 Å². The van der Waals surface area contributed by atoms with E-state index in [-0.39, 0.29) is 0 Å². The van der Waals surface area contributed by atoms with Crippen molar-refractivity contribution in [1.29, 1.82) is 0 Å². The average Bonchev–Trinajstić information content (AvgIpc) is 2.89. The van der Waals surface area contributed by atoms with Gasteiger partial charge in [0.1, 0.15) is 11.6 Å². The first-order valence-corrected chi connectivity index (χ1v) is 12.6. The number of anilines is 2. The van der Waals surface area contributed by atoms with E-state index in [1.807, 2.05) is 32.3 Å². The first-order valence-electron chi connectivity index (χ1n) is 12.6. The molecule has 3 aromatic carbocycles. The van der Waals surface area contributed by atoms with Crippen LogP contribution in [-0.2, 0) is 6.54 Å². The third kappa shape index (κ3) is 5.49. The van der Waals surface area contributed by atoms with Gasteiger partial charge in [-0.2, -0.15) is 4.98 Å². The Hall–Kier alpha value is -3.38. The molecular weight excluding hydrogens is 434 g/mol. The second-order valence-electron chi connectivity index (χ2n) is 9.82. The van der Waals surface area contributed by atoms with Gasteiger partial charge in [0, 0.05) is 32.1 Å². The number of methoxy groups -OCH3 is 1. The lowest BCUT2D eigenvalue weighted by Gasteiger charge is -2.29. The summed E-state index contributed by atoms with van der Waals surface area (Å²) < 4.78 is 5.33. The first-order chi connectivity index (χ1) is 17.1. The maximum absolute atomic E-state index is 5.33. The van der Waals surface area contributed by atoms with Crippen molar-refractivity contribution in [3.8, 4) is 5.75 Å². The minimum atomic E-state index is 0.430. The Bertz CT molecular complexity index is 1300. The predicted molar refractivity (Wildman–Crippen MR) is 145 cm³/mol. The van der Waals surface area contributed by atoms with Crippen LogP contribution in [0.5, 0.6) is 5.75 Å². The lowest BCUT2D eigenvalue weighted by molar-refractivity contribution is 0.324. The first kappa shape index (κ1) is 23.4. The normalized spacial score (nSPS) is 18.0. The summed E-state index contributed by atoms with van der Waals surface area (Å²) in [5.74, 6) is 3.32. The molecule has 5 rings (SSSR count). The van der Waals surface area contributed by atoms with E-state index in [9.17, 15) is 0 Å². The van der Waals surface area contributed by atoms with Crippen molar-refractivity contribution in [1.82, 2.24) is 15.3 Å². The number of nitrogens with one attached hydrogen (secondary N) is 2. The molecule has 6 nitrogen and oxygen atoms in total. The lowest BCUT2D eigenvalue weighted by Crippen LogP contribution is -2.31. The van der Waals surface area contributed by atoms with Gasteiger partial charge in [0.25, 0.3) is 0 Å². The molecule has 0 amide bonds. The van der Waals surface area contributed by atoms with Crippen molar-refractivity contribution >= 4 is 33.4 Å². The van der Waals surface area contributed by atoms with Crippen molar-refractivity contribution in [2.75, 3.05) is 38.0 Å². The number of fused-ring (bicyclic) bond motifs is 2. The fraction of sp³-hybridized carbons (Fsp3) is 0.379. The van der Waals surface area contributed by atoms with E-state index in [4.69, 9.17) is 14.7 Å². The van der Waals surface area contributed by atoms with E-state index >= 15 is 0 Å². The van der Waals surface area contributed by atoms with Crippen LogP contribution in [0.1, 0.15) is 31.2 Å². The largest absolute Gasteiger partial charge is 0.497 e. The number of para-hydroxylation sites is 1. The molecule has 1 aliphatic carbocycles. The third-order valence-electron chi connectivity index (χ3n) is 7.06. The molecule has 0 atom stereocenters. The zero-order valence-corrected chi connectivity index (χ0v) is 20.9. The molecule has 2 N–H and O–H groups in total. The summed E-state index contributed by atoms with van der Waals surface area (Å²) in [6, 6.07) is 21.6. The molecular formula is C29H35N5O. The molecule has 6 heteroatoms. The van der Waals surface area contributed by atoms with E-state index in [1.54, 1.807) is 7.11 Å². The van der Waals surface area contributed by atoms with Crippen LogP contribution in [0.3, 0.4) is 0 Å². The van der Waals surface area contributed by atoms with Gasteiger partial charge in [0.15, 0.2) is 0 Å². The van der Waals surface area contributed by atoms with Crippen LogP contribution in [0.25, 0.3) is 21.7 Å². The molecule has 0 spiro atoms. The van der Waals surface area contributed by atoms with Crippen molar-refractivity contribution < 1.29 is 4.74 Å². The predicted octanol–water partition coefficient (Wildman–Crippen LogP) is 5.62. The van der Waals surface area contributed by atoms with E-state index in [0.717, 1.165) is 54.3 Å². The quantitative estimate of drug-likeness (QED) is 0.349. The summed E-state index contributed by atoms with van der Waals surface area (Å²) in [4.78, 5) is 11.6. The molecule has 0 bridgehead atoms. The van der Waals surface area contributed by atoms with Gasteiger partial charge in [-0.15, -0.1) is 0 Å². The highest BCUT2D eigenvalue weighted by Crippen LogP contribution is 2.28. The van der Waals surface area contributed by atoms with Crippen LogP contribution < -0.4 is 20.3 Å². The Balaban J connectivity index is 1.12. The number of hydrogen-bond donors (Lipinski definition) is 2. The molecule has 0 radical (unpaired) electrons. The van der Waals surface area contributed by atoms with Gasteiger partial charge in [-0.05, 0) is 84.8 Å². The summed E-state index contributed by atoms with van der Waals surface area (Å²) in [5, 5.41) is 10.9. The van der Waals surface area contributed by atoms with Gasteiger partial charge < -0.3 is 20.3 Å². The van der Waals surface area contributed by atoms with Crippen molar-refractivity contribution in [2.24, 2.45) is 5.92 Å². The van der Waals surface area contributed by atoms with Gasteiger partial charge in [-0.1, -0.05) is 30.3 Å². The standard InChI is InChI=1S/C29H35N5O/c1-34(2)28-26-6-4-5-7-27(26)32-29(33-28)31-24-13-9-20(10-14-24)18-30-19-21-8-11-23-17-25(35-3)15-12-22(23)16-21/h4-8,11-12,15-17,20,24,30H,9-10,13-14,18-19H2,1-3H3,(H,31,32,33). The minimum Gasteiger partial charge on any atom is -0.497 e. The van der Waals surface area contributed by atoms with Crippen LogP contribution >= 0.6 is 0 Å². The van der Waals surface area contributed by atoms with Crippen molar-refractivity contribution in [2.45, 2.75) is 38.3 Å². The number of nitrogens with zero attached hydrogens (tertiary/aromatic N) is 3. The molecule has 182 valence electrons. The number of benzene rings is 3. The van der Waals surface area contributed by atoms with Gasteiger partial charge in [-0.3, -0.25) is 0 Å². The van der Waals surface area contributed by atoms with Gasteiger partial charge >= 0.3 is 0 Å². The fourth-order valence-electron chi connectivity index (χ4n) is 5.09. The topological polar surface area (TPSA) is 62.3 Å². The zero-order chi connectivity index (χ0) is 24.2. The van der Waals surface area contributed by atoms with Gasteiger partial charge in [-0.25, -0.2) is 4.98 Å². The Morgan fingerprint density at radius 3 is 2.49 bits per heavy atom. The van der Waals surface area contributed by atoms with E-state index in [1.165, 1.54) is 29.2 Å². The second kappa shape index (κ2) is 10.5.